The molecule has 0 radical (unpaired) electrons. The normalized spacial score (nSPS) is 18.4. The molecule has 138 valence electrons. The Morgan fingerprint density at radius 3 is 2.88 bits per heavy atom. The van der Waals surface area contributed by atoms with Gasteiger partial charge in [0.1, 0.15) is 12.4 Å². The standard InChI is InChI=1S/C21H25ClN2O2/c1-15(23)18-7-4-10-24(13-18)21(25)17-6-3-9-20(12-17)26-14-16-5-2-8-19(22)11-16/h2-3,5-6,8-9,11-12,15,18H,4,7,10,13-14,23H2,1H3. The van der Waals surface area contributed by atoms with Gasteiger partial charge in [-0.25, -0.2) is 0 Å². The van der Waals surface area contributed by atoms with Crippen molar-refractivity contribution in [1.29, 1.82) is 0 Å². The third kappa shape index (κ3) is 4.77. The Bertz CT molecular complexity index is 763. The van der Waals surface area contributed by atoms with Crippen LogP contribution < -0.4 is 10.5 Å². The molecule has 1 aliphatic rings. The third-order valence-electron chi connectivity index (χ3n) is 4.86. The van der Waals surface area contributed by atoms with Gasteiger partial charge in [0, 0.05) is 29.7 Å². The first-order valence-corrected chi connectivity index (χ1v) is 9.43. The molecule has 2 aromatic rings. The molecule has 2 N–H and O–H groups in total. The minimum atomic E-state index is 0.0450. The molecule has 0 aliphatic carbocycles. The highest BCUT2D eigenvalue weighted by Crippen LogP contribution is 2.22. The van der Waals surface area contributed by atoms with Crippen molar-refractivity contribution in [2.45, 2.75) is 32.4 Å². The van der Waals surface area contributed by atoms with E-state index in [4.69, 9.17) is 22.1 Å². The number of amides is 1. The fourth-order valence-corrected chi connectivity index (χ4v) is 3.53. The maximum atomic E-state index is 12.9. The SMILES string of the molecule is CC(N)C1CCCN(C(=O)c2cccc(OCc3cccc(Cl)c3)c2)C1. The number of benzene rings is 2. The van der Waals surface area contributed by atoms with E-state index in [1.807, 2.05) is 60.4 Å². The number of carbonyl (C=O) groups is 1. The van der Waals surface area contributed by atoms with Gasteiger partial charge in [0.05, 0.1) is 0 Å². The lowest BCUT2D eigenvalue weighted by molar-refractivity contribution is 0.0660. The molecule has 4 nitrogen and oxygen atoms in total. The summed E-state index contributed by atoms with van der Waals surface area (Å²) < 4.78 is 5.84. The second-order valence-corrected chi connectivity index (χ2v) is 7.40. The van der Waals surface area contributed by atoms with Crippen LogP contribution in [-0.4, -0.2) is 29.9 Å². The number of likely N-dealkylation sites (tertiary alicyclic amines) is 1. The van der Waals surface area contributed by atoms with Crippen LogP contribution in [0.1, 0.15) is 35.7 Å². The van der Waals surface area contributed by atoms with E-state index in [0.717, 1.165) is 31.5 Å². The maximum Gasteiger partial charge on any atom is 0.253 e. The Hall–Kier alpha value is -2.04. The fourth-order valence-electron chi connectivity index (χ4n) is 3.32. The molecule has 26 heavy (non-hydrogen) atoms. The van der Waals surface area contributed by atoms with Crippen LogP contribution in [0.3, 0.4) is 0 Å². The molecule has 1 fully saturated rings. The first-order valence-electron chi connectivity index (χ1n) is 9.05. The summed E-state index contributed by atoms with van der Waals surface area (Å²) in [5.41, 5.74) is 7.67. The topological polar surface area (TPSA) is 55.6 Å². The summed E-state index contributed by atoms with van der Waals surface area (Å²) in [6, 6.07) is 15.0. The molecule has 0 saturated carbocycles. The number of rotatable bonds is 5. The number of piperidine rings is 1. The molecule has 1 amide bonds. The summed E-state index contributed by atoms with van der Waals surface area (Å²) in [6.45, 7) is 3.94. The Morgan fingerprint density at radius 1 is 1.31 bits per heavy atom. The van der Waals surface area contributed by atoms with E-state index in [1.165, 1.54) is 0 Å². The zero-order valence-electron chi connectivity index (χ0n) is 15.0. The second kappa shape index (κ2) is 8.56. The molecule has 2 atom stereocenters. The van der Waals surface area contributed by atoms with Crippen LogP contribution >= 0.6 is 11.6 Å². The van der Waals surface area contributed by atoms with Gasteiger partial charge < -0.3 is 15.4 Å². The van der Waals surface area contributed by atoms with Crippen molar-refractivity contribution in [2.24, 2.45) is 11.7 Å². The van der Waals surface area contributed by atoms with Crippen molar-refractivity contribution < 1.29 is 9.53 Å². The van der Waals surface area contributed by atoms with Gasteiger partial charge in [0.15, 0.2) is 0 Å². The molecular formula is C21H25ClN2O2. The molecule has 0 aromatic heterocycles. The van der Waals surface area contributed by atoms with Gasteiger partial charge in [-0.05, 0) is 61.6 Å². The second-order valence-electron chi connectivity index (χ2n) is 6.96. The highest BCUT2D eigenvalue weighted by molar-refractivity contribution is 6.30. The van der Waals surface area contributed by atoms with Crippen LogP contribution in [0.2, 0.25) is 5.02 Å². The van der Waals surface area contributed by atoms with Crippen molar-refractivity contribution in [2.75, 3.05) is 13.1 Å². The predicted molar refractivity (Wildman–Crippen MR) is 105 cm³/mol. The minimum Gasteiger partial charge on any atom is -0.489 e. The number of nitrogens with zero attached hydrogens (tertiary/aromatic N) is 1. The van der Waals surface area contributed by atoms with E-state index in [9.17, 15) is 4.79 Å². The Morgan fingerprint density at radius 2 is 2.12 bits per heavy atom. The molecule has 5 heteroatoms. The monoisotopic (exact) mass is 372 g/mol. The first kappa shape index (κ1) is 18.7. The Kier molecular flexibility index (Phi) is 6.17. The number of nitrogens with two attached hydrogens (primary N) is 1. The molecule has 1 aliphatic heterocycles. The smallest absolute Gasteiger partial charge is 0.253 e. The first-order chi connectivity index (χ1) is 12.5. The van der Waals surface area contributed by atoms with E-state index in [2.05, 4.69) is 0 Å². The van der Waals surface area contributed by atoms with Crippen LogP contribution in [0.4, 0.5) is 0 Å². The molecule has 0 spiro atoms. The van der Waals surface area contributed by atoms with Gasteiger partial charge >= 0.3 is 0 Å². The van der Waals surface area contributed by atoms with Gasteiger partial charge in [-0.15, -0.1) is 0 Å². The van der Waals surface area contributed by atoms with E-state index in [1.54, 1.807) is 0 Å². The summed E-state index contributed by atoms with van der Waals surface area (Å²) in [5, 5.41) is 0.684. The number of hydrogen-bond acceptors (Lipinski definition) is 3. The van der Waals surface area contributed by atoms with E-state index in [-0.39, 0.29) is 11.9 Å². The maximum absolute atomic E-state index is 12.9. The lowest BCUT2D eigenvalue weighted by atomic mass is 9.92. The third-order valence-corrected chi connectivity index (χ3v) is 5.10. The van der Waals surface area contributed by atoms with E-state index >= 15 is 0 Å². The Labute approximate surface area is 159 Å². The van der Waals surface area contributed by atoms with Crippen molar-refractivity contribution in [3.8, 4) is 5.75 Å². The minimum absolute atomic E-state index is 0.0450. The van der Waals surface area contributed by atoms with Crippen LogP contribution in [0.25, 0.3) is 0 Å². The van der Waals surface area contributed by atoms with E-state index < -0.39 is 0 Å². The van der Waals surface area contributed by atoms with Crippen molar-refractivity contribution in [3.63, 3.8) is 0 Å². The summed E-state index contributed by atoms with van der Waals surface area (Å²) in [6.07, 6.45) is 2.09. The summed E-state index contributed by atoms with van der Waals surface area (Å²) in [7, 11) is 0. The van der Waals surface area contributed by atoms with Crippen molar-refractivity contribution in [1.82, 2.24) is 4.90 Å². The molecular weight excluding hydrogens is 348 g/mol. The average molecular weight is 373 g/mol. The molecule has 1 heterocycles. The zero-order chi connectivity index (χ0) is 18.5. The molecule has 3 rings (SSSR count). The summed E-state index contributed by atoms with van der Waals surface area (Å²) >= 11 is 6.00. The fraction of sp³-hybridized carbons (Fsp3) is 0.381. The van der Waals surface area contributed by atoms with Crippen molar-refractivity contribution >= 4 is 17.5 Å². The van der Waals surface area contributed by atoms with Gasteiger partial charge in [0.25, 0.3) is 5.91 Å². The zero-order valence-corrected chi connectivity index (χ0v) is 15.8. The number of carbonyl (C=O) groups excluding carboxylic acids is 1. The average Bonchev–Trinajstić information content (AvgIpc) is 2.66. The molecule has 2 unspecified atom stereocenters. The van der Waals surface area contributed by atoms with Crippen LogP contribution in [-0.2, 0) is 6.61 Å². The molecule has 2 aromatic carbocycles. The van der Waals surface area contributed by atoms with Crippen LogP contribution in [0.5, 0.6) is 5.75 Å². The summed E-state index contributed by atoms with van der Waals surface area (Å²) in [4.78, 5) is 14.8. The van der Waals surface area contributed by atoms with E-state index in [0.29, 0.717) is 28.9 Å². The van der Waals surface area contributed by atoms with Crippen molar-refractivity contribution in [3.05, 3.63) is 64.7 Å². The largest absolute Gasteiger partial charge is 0.489 e. The van der Waals surface area contributed by atoms with Gasteiger partial charge in [0.2, 0.25) is 0 Å². The number of ether oxygens (including phenoxy) is 1. The summed E-state index contributed by atoms with van der Waals surface area (Å²) in [5.74, 6) is 1.09. The highest BCUT2D eigenvalue weighted by Gasteiger charge is 2.26. The van der Waals surface area contributed by atoms with Crippen LogP contribution in [0.15, 0.2) is 48.5 Å². The Balaban J connectivity index is 1.65. The highest BCUT2D eigenvalue weighted by atomic mass is 35.5. The number of halogens is 1. The van der Waals surface area contributed by atoms with Gasteiger partial charge in [-0.2, -0.15) is 0 Å². The number of hydrogen-bond donors (Lipinski definition) is 1. The lowest BCUT2D eigenvalue weighted by Crippen LogP contribution is -2.45. The molecule has 1 saturated heterocycles. The van der Waals surface area contributed by atoms with Crippen LogP contribution in [0, 0.1) is 5.92 Å². The predicted octanol–water partition coefficient (Wildman–Crippen LogP) is 4.12. The quantitative estimate of drug-likeness (QED) is 0.858. The van der Waals surface area contributed by atoms with Gasteiger partial charge in [-0.3, -0.25) is 4.79 Å². The van der Waals surface area contributed by atoms with Gasteiger partial charge in [-0.1, -0.05) is 29.8 Å². The lowest BCUT2D eigenvalue weighted by Gasteiger charge is -2.34. The molecule has 0 bridgehead atoms.